The van der Waals surface area contributed by atoms with Crippen molar-refractivity contribution >= 4 is 6.09 Å². The van der Waals surface area contributed by atoms with Crippen LogP contribution in [-0.4, -0.2) is 44.2 Å². The molecule has 1 aromatic carbocycles. The van der Waals surface area contributed by atoms with Gasteiger partial charge in [-0.15, -0.1) is 0 Å². The van der Waals surface area contributed by atoms with Gasteiger partial charge in [0.05, 0.1) is 5.69 Å². The molecule has 1 aliphatic heterocycles. The van der Waals surface area contributed by atoms with Gasteiger partial charge in [0, 0.05) is 30.8 Å². The summed E-state index contributed by atoms with van der Waals surface area (Å²) in [6, 6.07) is 6.98. The summed E-state index contributed by atoms with van der Waals surface area (Å²) in [7, 11) is 0. The smallest absolute Gasteiger partial charge is 0.408 e. The minimum atomic E-state index is -0.940. The molecule has 0 atom stereocenters. The van der Waals surface area contributed by atoms with E-state index in [9.17, 15) is 13.6 Å². The van der Waals surface area contributed by atoms with Crippen LogP contribution in [0.4, 0.5) is 13.6 Å². The summed E-state index contributed by atoms with van der Waals surface area (Å²) < 4.78 is 32.0. The maximum absolute atomic E-state index is 13.4. The van der Waals surface area contributed by atoms with Gasteiger partial charge in [0.15, 0.2) is 23.2 Å². The van der Waals surface area contributed by atoms with E-state index in [0.29, 0.717) is 54.6 Å². The Kier molecular flexibility index (Phi) is 5.20. The van der Waals surface area contributed by atoms with Gasteiger partial charge < -0.3 is 9.64 Å². The van der Waals surface area contributed by atoms with Crippen molar-refractivity contribution in [3.63, 3.8) is 0 Å². The number of carbonyl (C=O) groups is 1. The van der Waals surface area contributed by atoms with Gasteiger partial charge in [0.2, 0.25) is 0 Å². The quantitative estimate of drug-likeness (QED) is 0.724. The fourth-order valence-electron chi connectivity index (χ4n) is 3.29. The van der Waals surface area contributed by atoms with Gasteiger partial charge in [-0.1, -0.05) is 0 Å². The monoisotopic (exact) mass is 399 g/mol. The molecule has 150 valence electrons. The van der Waals surface area contributed by atoms with Gasteiger partial charge in [-0.05, 0) is 50.1 Å². The van der Waals surface area contributed by atoms with Crippen molar-refractivity contribution < 1.29 is 18.3 Å². The number of rotatable bonds is 3. The Morgan fingerprint density at radius 2 is 2.00 bits per heavy atom. The van der Waals surface area contributed by atoms with Crippen molar-refractivity contribution in [2.24, 2.45) is 0 Å². The molecule has 1 aliphatic rings. The van der Waals surface area contributed by atoms with E-state index in [-0.39, 0.29) is 5.92 Å². The Balaban J connectivity index is 1.37. The molecular formula is C20H19F2N5O2. The Morgan fingerprint density at radius 3 is 2.72 bits per heavy atom. The molecule has 29 heavy (non-hydrogen) atoms. The zero-order chi connectivity index (χ0) is 20.4. The molecule has 7 nitrogen and oxygen atoms in total. The van der Waals surface area contributed by atoms with Crippen LogP contribution in [0.1, 0.15) is 30.3 Å². The lowest BCUT2D eigenvalue weighted by atomic mass is 9.96. The second-order valence-corrected chi connectivity index (χ2v) is 6.89. The minimum absolute atomic E-state index is 0.0886. The lowest BCUT2D eigenvalue weighted by molar-refractivity contribution is 0.137. The number of likely N-dealkylation sites (tertiary alicyclic amines) is 1. The highest BCUT2D eigenvalue weighted by molar-refractivity contribution is 5.71. The summed E-state index contributed by atoms with van der Waals surface area (Å²) in [5, 5.41) is 6.99. The third-order valence-electron chi connectivity index (χ3n) is 4.98. The number of aromatic amines is 1. The van der Waals surface area contributed by atoms with Gasteiger partial charge in [0.25, 0.3) is 0 Å². The Bertz CT molecular complexity index is 1030. The van der Waals surface area contributed by atoms with Gasteiger partial charge in [0.1, 0.15) is 5.82 Å². The van der Waals surface area contributed by atoms with E-state index in [1.165, 1.54) is 6.07 Å². The first-order chi connectivity index (χ1) is 14.0. The number of carbonyl (C=O) groups excluding carboxylic acids is 1. The molecular weight excluding hydrogens is 380 g/mol. The van der Waals surface area contributed by atoms with E-state index >= 15 is 0 Å². The Morgan fingerprint density at radius 1 is 1.21 bits per heavy atom. The number of nitrogens with one attached hydrogen (secondary N) is 1. The molecule has 0 aliphatic carbocycles. The van der Waals surface area contributed by atoms with Gasteiger partial charge in [-0.3, -0.25) is 10.1 Å². The highest BCUT2D eigenvalue weighted by Crippen LogP contribution is 2.28. The van der Waals surface area contributed by atoms with Crippen LogP contribution < -0.4 is 4.74 Å². The normalized spacial score (nSPS) is 14.8. The number of pyridine rings is 1. The number of piperidine rings is 1. The molecule has 0 saturated carbocycles. The summed E-state index contributed by atoms with van der Waals surface area (Å²) in [5.74, 6) is -0.333. The molecule has 1 amide bonds. The van der Waals surface area contributed by atoms with Crippen LogP contribution in [0.15, 0.2) is 36.5 Å². The van der Waals surface area contributed by atoms with Crippen molar-refractivity contribution in [3.8, 4) is 17.1 Å². The average molecular weight is 399 g/mol. The van der Waals surface area contributed by atoms with Crippen molar-refractivity contribution in [1.29, 1.82) is 0 Å². The summed E-state index contributed by atoms with van der Waals surface area (Å²) >= 11 is 0. The van der Waals surface area contributed by atoms with Crippen molar-refractivity contribution in [2.75, 3.05) is 13.1 Å². The second kappa shape index (κ2) is 7.94. The third-order valence-corrected chi connectivity index (χ3v) is 4.98. The molecule has 2 aromatic heterocycles. The fourth-order valence-corrected chi connectivity index (χ4v) is 3.29. The molecule has 1 saturated heterocycles. The van der Waals surface area contributed by atoms with E-state index in [1.54, 1.807) is 30.2 Å². The number of halogens is 2. The molecule has 3 heterocycles. The van der Waals surface area contributed by atoms with Gasteiger partial charge in [-0.25, -0.2) is 18.6 Å². The maximum atomic E-state index is 13.4. The van der Waals surface area contributed by atoms with E-state index in [1.807, 2.05) is 0 Å². The van der Waals surface area contributed by atoms with E-state index in [4.69, 9.17) is 4.74 Å². The van der Waals surface area contributed by atoms with E-state index in [0.717, 1.165) is 12.1 Å². The Hall–Kier alpha value is -3.36. The average Bonchev–Trinajstić information content (AvgIpc) is 3.22. The fraction of sp³-hybridized carbons (Fsp3) is 0.300. The topological polar surface area (TPSA) is 84.0 Å². The summed E-state index contributed by atoms with van der Waals surface area (Å²) in [5.41, 5.74) is 1.06. The van der Waals surface area contributed by atoms with E-state index < -0.39 is 17.7 Å². The van der Waals surface area contributed by atoms with Crippen LogP contribution in [0.5, 0.6) is 5.75 Å². The SMILES string of the molecule is Cc1ncccc1OC(=O)N1CCC(c2nc(-c3ccc(F)c(F)c3)n[nH]2)CC1. The number of ether oxygens (including phenoxy) is 1. The molecule has 9 heteroatoms. The lowest BCUT2D eigenvalue weighted by Gasteiger charge is -2.30. The van der Waals surface area contributed by atoms with Crippen LogP contribution >= 0.6 is 0 Å². The van der Waals surface area contributed by atoms with Crippen LogP contribution in [0, 0.1) is 18.6 Å². The van der Waals surface area contributed by atoms with Crippen LogP contribution in [-0.2, 0) is 0 Å². The molecule has 4 rings (SSSR count). The highest BCUT2D eigenvalue weighted by Gasteiger charge is 2.27. The number of amides is 1. The summed E-state index contributed by atoms with van der Waals surface area (Å²) in [6.07, 6.45) is 2.62. The highest BCUT2D eigenvalue weighted by atomic mass is 19.2. The first-order valence-corrected chi connectivity index (χ1v) is 9.27. The number of hydrogen-bond donors (Lipinski definition) is 1. The first kappa shape index (κ1) is 19.0. The van der Waals surface area contributed by atoms with Crippen LogP contribution in [0.25, 0.3) is 11.4 Å². The van der Waals surface area contributed by atoms with Gasteiger partial charge in [-0.2, -0.15) is 5.10 Å². The second-order valence-electron chi connectivity index (χ2n) is 6.89. The molecule has 0 bridgehead atoms. The molecule has 0 radical (unpaired) electrons. The number of H-pyrrole nitrogens is 1. The minimum Gasteiger partial charge on any atom is -0.408 e. The maximum Gasteiger partial charge on any atom is 0.415 e. The molecule has 3 aromatic rings. The van der Waals surface area contributed by atoms with Crippen LogP contribution in [0.3, 0.4) is 0 Å². The summed E-state index contributed by atoms with van der Waals surface area (Å²) in [6.45, 7) is 2.82. The van der Waals surface area contributed by atoms with E-state index in [2.05, 4.69) is 20.2 Å². The molecule has 0 spiro atoms. The number of aromatic nitrogens is 4. The zero-order valence-corrected chi connectivity index (χ0v) is 15.7. The van der Waals surface area contributed by atoms with Crippen molar-refractivity contribution in [3.05, 3.63) is 59.7 Å². The number of nitrogens with zero attached hydrogens (tertiary/aromatic N) is 4. The zero-order valence-electron chi connectivity index (χ0n) is 15.7. The molecule has 1 fully saturated rings. The van der Waals surface area contributed by atoms with Crippen molar-refractivity contribution in [2.45, 2.75) is 25.7 Å². The van der Waals surface area contributed by atoms with Crippen LogP contribution in [0.2, 0.25) is 0 Å². The summed E-state index contributed by atoms with van der Waals surface area (Å²) in [4.78, 5) is 22.6. The number of aryl methyl sites for hydroxylation is 1. The predicted octanol–water partition coefficient (Wildman–Crippen LogP) is 3.83. The number of hydrogen-bond acceptors (Lipinski definition) is 5. The standard InChI is InChI=1S/C20H19F2N5O2/c1-12-17(3-2-8-23-12)29-20(28)27-9-6-13(7-10-27)18-24-19(26-25-18)14-4-5-15(21)16(22)11-14/h2-5,8,11,13H,6-7,9-10H2,1H3,(H,24,25,26). The third kappa shape index (κ3) is 4.08. The first-order valence-electron chi connectivity index (χ1n) is 9.27. The van der Waals surface area contributed by atoms with Crippen molar-refractivity contribution in [1.82, 2.24) is 25.1 Å². The molecule has 1 N–H and O–H groups in total. The lowest BCUT2D eigenvalue weighted by Crippen LogP contribution is -2.39. The largest absolute Gasteiger partial charge is 0.415 e. The number of benzene rings is 1. The van der Waals surface area contributed by atoms with Gasteiger partial charge >= 0.3 is 6.09 Å². The Labute approximate surface area is 165 Å². The molecule has 0 unspecified atom stereocenters. The predicted molar refractivity (Wildman–Crippen MR) is 100 cm³/mol.